The van der Waals surface area contributed by atoms with Gasteiger partial charge in [0.25, 0.3) is 5.91 Å². The Balaban J connectivity index is 2.47. The van der Waals surface area contributed by atoms with E-state index in [1.807, 2.05) is 0 Å². The van der Waals surface area contributed by atoms with E-state index in [0.29, 0.717) is 28.9 Å². The van der Waals surface area contributed by atoms with Gasteiger partial charge in [0.15, 0.2) is 0 Å². The Kier molecular flexibility index (Phi) is 6.12. The van der Waals surface area contributed by atoms with Crippen LogP contribution in [0.2, 0.25) is 5.02 Å². The molecule has 1 aromatic rings. The summed E-state index contributed by atoms with van der Waals surface area (Å²) in [4.78, 5) is 14.2. The number of nitrogens with one attached hydrogen (secondary N) is 1. The summed E-state index contributed by atoms with van der Waals surface area (Å²) in [6.07, 6.45) is 1.09. The number of amides is 1. The summed E-state index contributed by atoms with van der Waals surface area (Å²) >= 11 is 5.99. The van der Waals surface area contributed by atoms with Crippen molar-refractivity contribution >= 4 is 23.2 Å². The van der Waals surface area contributed by atoms with Crippen molar-refractivity contribution < 1.29 is 4.79 Å². The van der Waals surface area contributed by atoms with Crippen LogP contribution in [0.1, 0.15) is 30.6 Å². The largest absolute Gasteiger partial charge is 0.399 e. The number of nitrogens with zero attached hydrogens (tertiary/aromatic N) is 1. The summed E-state index contributed by atoms with van der Waals surface area (Å²) in [5.74, 6) is -0.164. The van der Waals surface area contributed by atoms with E-state index in [1.54, 1.807) is 18.2 Å². The van der Waals surface area contributed by atoms with Crippen LogP contribution in [0, 0.1) is 0 Å². The normalized spacial score (nSPS) is 12.5. The van der Waals surface area contributed by atoms with Crippen LogP contribution in [0.3, 0.4) is 0 Å². The maximum atomic E-state index is 11.9. The Labute approximate surface area is 119 Å². The summed E-state index contributed by atoms with van der Waals surface area (Å²) in [6.45, 7) is 5.72. The third-order valence-electron chi connectivity index (χ3n) is 3.33. The van der Waals surface area contributed by atoms with Crippen molar-refractivity contribution in [3.8, 4) is 0 Å². The highest BCUT2D eigenvalue weighted by molar-refractivity contribution is 6.34. The molecule has 1 aromatic carbocycles. The fraction of sp³-hybridized carbons (Fsp3) is 0.500. The number of halogens is 1. The summed E-state index contributed by atoms with van der Waals surface area (Å²) in [5.41, 5.74) is 6.61. The number of benzene rings is 1. The highest BCUT2D eigenvalue weighted by atomic mass is 35.5. The molecule has 0 spiro atoms. The number of carbonyl (C=O) groups is 1. The fourth-order valence-electron chi connectivity index (χ4n) is 1.69. The van der Waals surface area contributed by atoms with Crippen molar-refractivity contribution in [1.29, 1.82) is 0 Å². The van der Waals surface area contributed by atoms with Crippen LogP contribution in [0.5, 0.6) is 0 Å². The molecule has 1 atom stereocenters. The second kappa shape index (κ2) is 7.36. The van der Waals surface area contributed by atoms with Gasteiger partial charge in [-0.25, -0.2) is 0 Å². The Morgan fingerprint density at radius 2 is 2.21 bits per heavy atom. The Morgan fingerprint density at radius 1 is 1.53 bits per heavy atom. The monoisotopic (exact) mass is 283 g/mol. The molecule has 0 fully saturated rings. The number of nitrogen functional groups attached to an aromatic ring is 1. The van der Waals surface area contributed by atoms with E-state index in [2.05, 4.69) is 31.1 Å². The van der Waals surface area contributed by atoms with Crippen molar-refractivity contribution in [2.24, 2.45) is 0 Å². The molecule has 1 unspecified atom stereocenters. The lowest BCUT2D eigenvalue weighted by Crippen LogP contribution is -2.37. The molecule has 0 aliphatic heterocycles. The molecule has 0 heterocycles. The number of anilines is 1. The highest BCUT2D eigenvalue weighted by Gasteiger charge is 2.11. The minimum atomic E-state index is -0.164. The fourth-order valence-corrected chi connectivity index (χ4v) is 1.96. The van der Waals surface area contributed by atoms with Crippen LogP contribution in [-0.4, -0.2) is 37.0 Å². The van der Waals surface area contributed by atoms with Gasteiger partial charge in [-0.1, -0.05) is 18.5 Å². The molecule has 0 bridgehead atoms. The molecule has 0 aromatic heterocycles. The van der Waals surface area contributed by atoms with E-state index in [-0.39, 0.29) is 5.91 Å². The van der Waals surface area contributed by atoms with Crippen molar-refractivity contribution in [3.05, 3.63) is 28.8 Å². The molecule has 0 radical (unpaired) electrons. The van der Waals surface area contributed by atoms with E-state index in [0.717, 1.165) is 13.0 Å². The van der Waals surface area contributed by atoms with Gasteiger partial charge in [-0.3, -0.25) is 4.79 Å². The number of nitrogens with two attached hydrogens (primary N) is 1. The molecule has 19 heavy (non-hydrogen) atoms. The second-order valence-electron chi connectivity index (χ2n) is 4.73. The average Bonchev–Trinajstić information content (AvgIpc) is 2.37. The predicted octanol–water partition coefficient (Wildman–Crippen LogP) is 2.38. The van der Waals surface area contributed by atoms with Gasteiger partial charge in [-0.05, 0) is 38.6 Å². The first kappa shape index (κ1) is 15.8. The summed E-state index contributed by atoms with van der Waals surface area (Å²) in [5, 5.41) is 3.25. The van der Waals surface area contributed by atoms with E-state index >= 15 is 0 Å². The molecule has 4 nitrogen and oxygen atoms in total. The Morgan fingerprint density at radius 3 is 2.79 bits per heavy atom. The van der Waals surface area contributed by atoms with E-state index in [4.69, 9.17) is 17.3 Å². The van der Waals surface area contributed by atoms with Crippen molar-refractivity contribution in [3.63, 3.8) is 0 Å². The van der Waals surface area contributed by atoms with Crippen molar-refractivity contribution in [2.75, 3.05) is 25.9 Å². The smallest absolute Gasteiger partial charge is 0.252 e. The van der Waals surface area contributed by atoms with E-state index < -0.39 is 0 Å². The average molecular weight is 284 g/mol. The molecule has 1 rings (SSSR count). The minimum absolute atomic E-state index is 0.164. The number of likely N-dealkylation sites (N-methyl/N-ethyl adjacent to an activating group) is 1. The molecule has 0 saturated carbocycles. The number of hydrogen-bond acceptors (Lipinski definition) is 3. The van der Waals surface area contributed by atoms with Crippen LogP contribution in [0.15, 0.2) is 18.2 Å². The van der Waals surface area contributed by atoms with Gasteiger partial charge in [0.2, 0.25) is 0 Å². The topological polar surface area (TPSA) is 58.4 Å². The molecule has 1 amide bonds. The van der Waals surface area contributed by atoms with Crippen LogP contribution < -0.4 is 11.1 Å². The van der Waals surface area contributed by atoms with Crippen molar-refractivity contribution in [2.45, 2.75) is 26.3 Å². The SMILES string of the molecule is CCC(C)N(C)CCNC(=O)c1ccc(N)cc1Cl. The van der Waals surface area contributed by atoms with Crippen LogP contribution in [0.25, 0.3) is 0 Å². The van der Waals surface area contributed by atoms with Gasteiger partial charge < -0.3 is 16.0 Å². The summed E-state index contributed by atoms with van der Waals surface area (Å²) in [7, 11) is 2.05. The lowest BCUT2D eigenvalue weighted by atomic mass is 10.2. The zero-order valence-electron chi connectivity index (χ0n) is 11.7. The van der Waals surface area contributed by atoms with Gasteiger partial charge in [-0.2, -0.15) is 0 Å². The van der Waals surface area contributed by atoms with E-state index in [1.165, 1.54) is 0 Å². The number of rotatable bonds is 6. The molecule has 0 aliphatic carbocycles. The van der Waals surface area contributed by atoms with Crippen LogP contribution >= 0.6 is 11.6 Å². The third kappa shape index (κ3) is 4.73. The number of hydrogen-bond donors (Lipinski definition) is 2. The second-order valence-corrected chi connectivity index (χ2v) is 5.14. The maximum Gasteiger partial charge on any atom is 0.252 e. The van der Waals surface area contributed by atoms with Gasteiger partial charge in [-0.15, -0.1) is 0 Å². The highest BCUT2D eigenvalue weighted by Crippen LogP contribution is 2.18. The maximum absolute atomic E-state index is 11.9. The molecule has 3 N–H and O–H groups in total. The van der Waals surface area contributed by atoms with Gasteiger partial charge >= 0.3 is 0 Å². The van der Waals surface area contributed by atoms with Gasteiger partial charge in [0.05, 0.1) is 10.6 Å². The lowest BCUT2D eigenvalue weighted by molar-refractivity contribution is 0.0947. The first-order chi connectivity index (χ1) is 8.95. The van der Waals surface area contributed by atoms with Gasteiger partial charge in [0.1, 0.15) is 0 Å². The molecule has 0 saturated heterocycles. The third-order valence-corrected chi connectivity index (χ3v) is 3.64. The van der Waals surface area contributed by atoms with Crippen LogP contribution in [0.4, 0.5) is 5.69 Å². The van der Waals surface area contributed by atoms with E-state index in [9.17, 15) is 4.79 Å². The molecular weight excluding hydrogens is 262 g/mol. The predicted molar refractivity (Wildman–Crippen MR) is 80.6 cm³/mol. The number of carbonyl (C=O) groups excluding carboxylic acids is 1. The van der Waals surface area contributed by atoms with Gasteiger partial charge in [0, 0.05) is 24.8 Å². The van der Waals surface area contributed by atoms with Crippen molar-refractivity contribution in [1.82, 2.24) is 10.2 Å². The first-order valence-corrected chi connectivity index (χ1v) is 6.87. The molecule has 106 valence electrons. The Hall–Kier alpha value is -1.26. The molecule has 5 heteroatoms. The standard InChI is InChI=1S/C14H22ClN3O/c1-4-10(2)18(3)8-7-17-14(19)12-6-5-11(16)9-13(12)15/h5-6,9-10H,4,7-8,16H2,1-3H3,(H,17,19). The minimum Gasteiger partial charge on any atom is -0.399 e. The summed E-state index contributed by atoms with van der Waals surface area (Å²) in [6, 6.07) is 5.41. The molecular formula is C14H22ClN3O. The first-order valence-electron chi connectivity index (χ1n) is 6.49. The van der Waals surface area contributed by atoms with Crippen LogP contribution in [-0.2, 0) is 0 Å². The zero-order valence-corrected chi connectivity index (χ0v) is 12.5. The summed E-state index contributed by atoms with van der Waals surface area (Å²) < 4.78 is 0. The zero-order chi connectivity index (χ0) is 14.4. The lowest BCUT2D eigenvalue weighted by Gasteiger charge is -2.23. The quantitative estimate of drug-likeness (QED) is 0.788. The molecule has 0 aliphatic rings. The Bertz CT molecular complexity index is 437.